The number of aromatic nitrogens is 2. The van der Waals surface area contributed by atoms with Gasteiger partial charge >= 0.3 is 0 Å². The first kappa shape index (κ1) is 20.1. The summed E-state index contributed by atoms with van der Waals surface area (Å²) in [7, 11) is 1.89. The molecule has 1 aliphatic rings. The van der Waals surface area contributed by atoms with Crippen LogP contribution in [-0.4, -0.2) is 41.1 Å². The van der Waals surface area contributed by atoms with Gasteiger partial charge < -0.3 is 9.80 Å². The second-order valence-electron chi connectivity index (χ2n) is 8.11. The molecule has 0 spiro atoms. The maximum absolute atomic E-state index is 13.0. The molecule has 0 radical (unpaired) electrons. The SMILES string of the molecule is Cc1ccc(-c2ccc(N3CCC[C@@H](C(=O)N(C)Cc4ccccc4)C3)nn2)cc1. The summed E-state index contributed by atoms with van der Waals surface area (Å²) in [5, 5.41) is 8.89. The second-order valence-corrected chi connectivity index (χ2v) is 8.11. The molecule has 1 fully saturated rings. The Labute approximate surface area is 178 Å². The van der Waals surface area contributed by atoms with E-state index in [4.69, 9.17) is 0 Å². The highest BCUT2D eigenvalue weighted by molar-refractivity contribution is 5.79. The van der Waals surface area contributed by atoms with Crippen molar-refractivity contribution in [3.05, 3.63) is 77.9 Å². The molecule has 0 saturated carbocycles. The molecule has 1 aliphatic heterocycles. The molecule has 3 aromatic rings. The van der Waals surface area contributed by atoms with Crippen LogP contribution in [0.3, 0.4) is 0 Å². The van der Waals surface area contributed by atoms with Crippen molar-refractivity contribution in [2.45, 2.75) is 26.3 Å². The molecule has 4 rings (SSSR count). The number of carbonyl (C=O) groups excluding carboxylic acids is 1. The van der Waals surface area contributed by atoms with Crippen molar-refractivity contribution < 1.29 is 4.79 Å². The lowest BCUT2D eigenvalue weighted by molar-refractivity contribution is -0.135. The minimum absolute atomic E-state index is 0.00830. The molecular weight excluding hydrogens is 372 g/mol. The molecule has 5 nitrogen and oxygen atoms in total. The van der Waals surface area contributed by atoms with E-state index in [-0.39, 0.29) is 11.8 Å². The Bertz CT molecular complexity index is 970. The predicted molar refractivity (Wildman–Crippen MR) is 120 cm³/mol. The summed E-state index contributed by atoms with van der Waals surface area (Å²) in [5.41, 5.74) is 4.31. The molecule has 154 valence electrons. The summed E-state index contributed by atoms with van der Waals surface area (Å²) >= 11 is 0. The van der Waals surface area contributed by atoms with Gasteiger partial charge in [-0.25, -0.2) is 0 Å². The number of aryl methyl sites for hydroxylation is 1. The molecule has 0 aliphatic carbocycles. The van der Waals surface area contributed by atoms with Gasteiger partial charge in [-0.15, -0.1) is 10.2 Å². The molecular formula is C25H28N4O. The summed E-state index contributed by atoms with van der Waals surface area (Å²) in [6.07, 6.45) is 1.90. The van der Waals surface area contributed by atoms with Gasteiger partial charge in [0.15, 0.2) is 5.82 Å². The smallest absolute Gasteiger partial charge is 0.227 e. The van der Waals surface area contributed by atoms with Crippen LogP contribution in [0.25, 0.3) is 11.3 Å². The number of benzene rings is 2. The Morgan fingerprint density at radius 1 is 1.03 bits per heavy atom. The second kappa shape index (κ2) is 9.08. The van der Waals surface area contributed by atoms with Gasteiger partial charge in [0, 0.05) is 32.2 Å². The number of piperidine rings is 1. The fraction of sp³-hybridized carbons (Fsp3) is 0.320. The van der Waals surface area contributed by atoms with E-state index in [1.54, 1.807) is 0 Å². The highest BCUT2D eigenvalue weighted by atomic mass is 16.2. The highest BCUT2D eigenvalue weighted by Crippen LogP contribution is 2.25. The van der Waals surface area contributed by atoms with Gasteiger partial charge in [-0.2, -0.15) is 0 Å². The zero-order chi connectivity index (χ0) is 20.9. The van der Waals surface area contributed by atoms with E-state index in [0.29, 0.717) is 13.1 Å². The molecule has 2 heterocycles. The number of rotatable bonds is 5. The van der Waals surface area contributed by atoms with Crippen LogP contribution in [0.5, 0.6) is 0 Å². The lowest BCUT2D eigenvalue weighted by atomic mass is 9.96. The van der Waals surface area contributed by atoms with Crippen LogP contribution in [-0.2, 0) is 11.3 Å². The van der Waals surface area contributed by atoms with Gasteiger partial charge in [-0.05, 0) is 37.5 Å². The van der Waals surface area contributed by atoms with Crippen LogP contribution in [0.2, 0.25) is 0 Å². The molecule has 1 aromatic heterocycles. The van der Waals surface area contributed by atoms with Crippen molar-refractivity contribution in [3.8, 4) is 11.3 Å². The monoisotopic (exact) mass is 400 g/mol. The zero-order valence-electron chi connectivity index (χ0n) is 17.7. The fourth-order valence-electron chi connectivity index (χ4n) is 4.01. The fourth-order valence-corrected chi connectivity index (χ4v) is 4.01. The number of nitrogens with zero attached hydrogens (tertiary/aromatic N) is 4. The molecule has 30 heavy (non-hydrogen) atoms. The Balaban J connectivity index is 1.40. The quantitative estimate of drug-likeness (QED) is 0.640. The lowest BCUT2D eigenvalue weighted by Crippen LogP contribution is -2.43. The number of hydrogen-bond donors (Lipinski definition) is 0. The summed E-state index contributed by atoms with van der Waals surface area (Å²) in [6.45, 7) is 4.31. The van der Waals surface area contributed by atoms with Crippen LogP contribution < -0.4 is 4.90 Å². The number of amides is 1. The van der Waals surface area contributed by atoms with Crippen molar-refractivity contribution >= 4 is 11.7 Å². The van der Waals surface area contributed by atoms with Crippen LogP contribution in [0.15, 0.2) is 66.7 Å². The first-order chi connectivity index (χ1) is 14.6. The minimum atomic E-state index is -0.00830. The van der Waals surface area contributed by atoms with Crippen LogP contribution in [0, 0.1) is 12.8 Å². The predicted octanol–water partition coefficient (Wildman–Crippen LogP) is 4.33. The third-order valence-corrected chi connectivity index (χ3v) is 5.73. The van der Waals surface area contributed by atoms with Gasteiger partial charge in [0.25, 0.3) is 0 Å². The number of hydrogen-bond acceptors (Lipinski definition) is 4. The Kier molecular flexibility index (Phi) is 6.07. The van der Waals surface area contributed by atoms with Gasteiger partial charge in [0.05, 0.1) is 11.6 Å². The average molecular weight is 401 g/mol. The van der Waals surface area contributed by atoms with Crippen molar-refractivity contribution in [2.75, 3.05) is 25.0 Å². The van der Waals surface area contributed by atoms with Gasteiger partial charge in [-0.3, -0.25) is 4.79 Å². The van der Waals surface area contributed by atoms with E-state index in [0.717, 1.165) is 42.0 Å². The van der Waals surface area contributed by atoms with Crippen molar-refractivity contribution in [1.29, 1.82) is 0 Å². The van der Waals surface area contributed by atoms with Crippen molar-refractivity contribution in [1.82, 2.24) is 15.1 Å². The van der Waals surface area contributed by atoms with Crippen molar-refractivity contribution in [3.63, 3.8) is 0 Å². The number of anilines is 1. The van der Waals surface area contributed by atoms with E-state index in [9.17, 15) is 4.79 Å². The molecule has 0 unspecified atom stereocenters. The normalized spacial score (nSPS) is 16.3. The first-order valence-electron chi connectivity index (χ1n) is 10.5. The molecule has 5 heteroatoms. The first-order valence-corrected chi connectivity index (χ1v) is 10.5. The topological polar surface area (TPSA) is 49.3 Å². The van der Waals surface area contributed by atoms with Crippen LogP contribution in [0.1, 0.15) is 24.0 Å². The van der Waals surface area contributed by atoms with Gasteiger partial charge in [-0.1, -0.05) is 60.2 Å². The maximum Gasteiger partial charge on any atom is 0.227 e. The van der Waals surface area contributed by atoms with Crippen LogP contribution >= 0.6 is 0 Å². The largest absolute Gasteiger partial charge is 0.354 e. The van der Waals surface area contributed by atoms with E-state index in [1.807, 2.05) is 42.3 Å². The molecule has 2 aromatic carbocycles. The molecule has 1 atom stereocenters. The molecule has 0 N–H and O–H groups in total. The van der Waals surface area contributed by atoms with E-state index < -0.39 is 0 Å². The summed E-state index contributed by atoms with van der Waals surface area (Å²) in [6, 6.07) is 22.5. The highest BCUT2D eigenvalue weighted by Gasteiger charge is 2.28. The van der Waals surface area contributed by atoms with Gasteiger partial charge in [0.1, 0.15) is 0 Å². The molecule has 1 amide bonds. The van der Waals surface area contributed by atoms with Crippen LogP contribution in [0.4, 0.5) is 5.82 Å². The molecule has 0 bridgehead atoms. The summed E-state index contributed by atoms with van der Waals surface area (Å²) < 4.78 is 0. The van der Waals surface area contributed by atoms with Gasteiger partial charge in [0.2, 0.25) is 5.91 Å². The third kappa shape index (κ3) is 4.67. The standard InChI is InChI=1S/C25H28N4O/c1-19-10-12-21(13-11-19)23-14-15-24(27-26-23)29-16-6-9-22(18-29)25(30)28(2)17-20-7-4-3-5-8-20/h3-5,7-8,10-15,22H,6,9,16-18H2,1-2H3/t22-/m1/s1. The lowest BCUT2D eigenvalue weighted by Gasteiger charge is -2.34. The van der Waals surface area contributed by atoms with E-state index >= 15 is 0 Å². The van der Waals surface area contributed by atoms with Crippen molar-refractivity contribution in [2.24, 2.45) is 5.92 Å². The number of carbonyl (C=O) groups is 1. The minimum Gasteiger partial charge on any atom is -0.354 e. The summed E-state index contributed by atoms with van der Waals surface area (Å²) in [5.74, 6) is 1.04. The molecule has 1 saturated heterocycles. The third-order valence-electron chi connectivity index (χ3n) is 5.73. The Hall–Kier alpha value is -3.21. The van der Waals surface area contributed by atoms with E-state index in [1.165, 1.54) is 5.56 Å². The Morgan fingerprint density at radius 3 is 2.50 bits per heavy atom. The summed E-state index contributed by atoms with van der Waals surface area (Å²) in [4.78, 5) is 17.0. The zero-order valence-corrected chi connectivity index (χ0v) is 17.7. The average Bonchev–Trinajstić information content (AvgIpc) is 2.80. The van der Waals surface area contributed by atoms with E-state index in [2.05, 4.69) is 58.4 Å². The maximum atomic E-state index is 13.0. The Morgan fingerprint density at radius 2 is 1.80 bits per heavy atom.